The first-order valence-corrected chi connectivity index (χ1v) is 7.12. The van der Waals surface area contributed by atoms with E-state index in [1.807, 2.05) is 26.2 Å². The number of hydrogen-bond donors (Lipinski definition) is 0. The summed E-state index contributed by atoms with van der Waals surface area (Å²) in [7, 11) is 3.99. The van der Waals surface area contributed by atoms with E-state index in [0.717, 1.165) is 12.3 Å². The normalized spacial score (nSPS) is 10.7. The molecule has 0 bridgehead atoms. The molecule has 2 aromatic rings. The number of likely N-dealkylation sites (N-methyl/N-ethyl adjacent to an activating group) is 1. The van der Waals surface area contributed by atoms with E-state index in [2.05, 4.69) is 4.90 Å². The number of ketones is 1. The quantitative estimate of drug-likeness (QED) is 0.765. The van der Waals surface area contributed by atoms with Gasteiger partial charge in [0.2, 0.25) is 0 Å². The van der Waals surface area contributed by atoms with Crippen molar-refractivity contribution >= 4 is 17.4 Å². The zero-order chi connectivity index (χ0) is 15.2. The van der Waals surface area contributed by atoms with Crippen molar-refractivity contribution in [1.82, 2.24) is 4.90 Å². The van der Waals surface area contributed by atoms with Crippen LogP contribution in [0, 0.1) is 0 Å². The Balaban J connectivity index is 2.01. The minimum atomic E-state index is -0.0218. The zero-order valence-corrected chi connectivity index (χ0v) is 12.9. The predicted molar refractivity (Wildman–Crippen MR) is 85.4 cm³/mol. The summed E-state index contributed by atoms with van der Waals surface area (Å²) in [6.07, 6.45) is 0. The van der Waals surface area contributed by atoms with Crippen LogP contribution >= 0.6 is 11.6 Å². The van der Waals surface area contributed by atoms with E-state index in [-0.39, 0.29) is 5.78 Å². The van der Waals surface area contributed by atoms with Gasteiger partial charge in [0.25, 0.3) is 0 Å². The summed E-state index contributed by atoms with van der Waals surface area (Å²) in [5.74, 6) is 0.746. The van der Waals surface area contributed by atoms with Gasteiger partial charge in [-0.25, -0.2) is 0 Å². The molecule has 0 aromatic heterocycles. The van der Waals surface area contributed by atoms with E-state index in [4.69, 9.17) is 16.3 Å². The second-order valence-electron chi connectivity index (χ2n) is 5.01. The van der Waals surface area contributed by atoms with Gasteiger partial charge in [0.1, 0.15) is 12.4 Å². The maximum Gasteiger partial charge on any atom is 0.193 e. The highest BCUT2D eigenvalue weighted by atomic mass is 35.5. The summed E-state index contributed by atoms with van der Waals surface area (Å²) >= 11 is 5.82. The van der Waals surface area contributed by atoms with Gasteiger partial charge >= 0.3 is 0 Å². The third-order valence-corrected chi connectivity index (χ3v) is 3.28. The summed E-state index contributed by atoms with van der Waals surface area (Å²) in [6, 6.07) is 14.1. The molecule has 0 spiro atoms. The van der Waals surface area contributed by atoms with Crippen LogP contribution in [-0.4, -0.2) is 37.9 Å². The Bertz CT molecular complexity index is 591. The molecule has 0 fully saturated rings. The number of ether oxygens (including phenoxy) is 1. The number of hydrogen-bond acceptors (Lipinski definition) is 3. The highest BCUT2D eigenvalue weighted by Crippen LogP contribution is 2.17. The SMILES string of the molecule is CN(C)CCOc1ccc(C(=O)c2ccc(Cl)cc2)cc1. The van der Waals surface area contributed by atoms with Crippen LogP contribution in [0.15, 0.2) is 48.5 Å². The van der Waals surface area contributed by atoms with Crippen LogP contribution in [0.25, 0.3) is 0 Å². The van der Waals surface area contributed by atoms with Crippen LogP contribution < -0.4 is 4.74 Å². The van der Waals surface area contributed by atoms with E-state index in [9.17, 15) is 4.79 Å². The van der Waals surface area contributed by atoms with Gasteiger partial charge in [0.15, 0.2) is 5.78 Å². The third kappa shape index (κ3) is 4.59. The lowest BCUT2D eigenvalue weighted by molar-refractivity contribution is 0.103. The molecule has 0 N–H and O–H groups in total. The van der Waals surface area contributed by atoms with Crippen LogP contribution in [0.4, 0.5) is 0 Å². The minimum Gasteiger partial charge on any atom is -0.492 e. The summed E-state index contributed by atoms with van der Waals surface area (Å²) < 4.78 is 5.60. The monoisotopic (exact) mass is 303 g/mol. The highest BCUT2D eigenvalue weighted by molar-refractivity contribution is 6.30. The largest absolute Gasteiger partial charge is 0.492 e. The molecule has 2 aromatic carbocycles. The van der Waals surface area contributed by atoms with Crippen LogP contribution in [0.3, 0.4) is 0 Å². The van der Waals surface area contributed by atoms with Crippen LogP contribution in [0.5, 0.6) is 5.75 Å². The summed E-state index contributed by atoms with van der Waals surface area (Å²) in [4.78, 5) is 14.3. The molecule has 2 rings (SSSR count). The molecule has 0 amide bonds. The fourth-order valence-electron chi connectivity index (χ4n) is 1.82. The van der Waals surface area contributed by atoms with Gasteiger partial charge in [-0.2, -0.15) is 0 Å². The number of halogens is 1. The second-order valence-corrected chi connectivity index (χ2v) is 5.45. The molecule has 3 nitrogen and oxygen atoms in total. The Morgan fingerprint density at radius 2 is 1.52 bits per heavy atom. The average molecular weight is 304 g/mol. The third-order valence-electron chi connectivity index (χ3n) is 3.03. The van der Waals surface area contributed by atoms with Crippen molar-refractivity contribution in [2.45, 2.75) is 0 Å². The van der Waals surface area contributed by atoms with E-state index in [1.54, 1.807) is 36.4 Å². The maximum absolute atomic E-state index is 12.3. The topological polar surface area (TPSA) is 29.5 Å². The maximum atomic E-state index is 12.3. The zero-order valence-electron chi connectivity index (χ0n) is 12.2. The Labute approximate surface area is 130 Å². The van der Waals surface area contributed by atoms with Gasteiger partial charge in [-0.3, -0.25) is 4.79 Å². The molecule has 0 radical (unpaired) electrons. The van der Waals surface area contributed by atoms with Crippen molar-refractivity contribution in [3.05, 3.63) is 64.7 Å². The van der Waals surface area contributed by atoms with E-state index >= 15 is 0 Å². The first-order chi connectivity index (χ1) is 10.1. The highest BCUT2D eigenvalue weighted by Gasteiger charge is 2.08. The van der Waals surface area contributed by atoms with E-state index in [0.29, 0.717) is 22.8 Å². The molecular formula is C17H18ClNO2. The standard InChI is InChI=1S/C17H18ClNO2/c1-19(2)11-12-21-16-9-5-14(6-10-16)17(20)13-3-7-15(18)8-4-13/h3-10H,11-12H2,1-2H3. The van der Waals surface area contributed by atoms with Crippen molar-refractivity contribution in [2.24, 2.45) is 0 Å². The van der Waals surface area contributed by atoms with Gasteiger partial charge < -0.3 is 9.64 Å². The van der Waals surface area contributed by atoms with Gasteiger partial charge in [0, 0.05) is 22.7 Å². The second kappa shape index (κ2) is 7.25. The number of nitrogens with zero attached hydrogens (tertiary/aromatic N) is 1. The minimum absolute atomic E-state index is 0.0218. The fraction of sp³-hybridized carbons (Fsp3) is 0.235. The molecule has 0 saturated heterocycles. The number of rotatable bonds is 6. The summed E-state index contributed by atoms with van der Waals surface area (Å²) in [5, 5.41) is 0.621. The van der Waals surface area contributed by atoms with Crippen molar-refractivity contribution in [3.8, 4) is 5.75 Å². The fourth-order valence-corrected chi connectivity index (χ4v) is 1.94. The molecule has 0 heterocycles. The van der Waals surface area contributed by atoms with E-state index < -0.39 is 0 Å². The molecule has 0 unspecified atom stereocenters. The number of carbonyl (C=O) groups excluding carboxylic acids is 1. The average Bonchev–Trinajstić information content (AvgIpc) is 2.48. The molecule has 0 aliphatic rings. The molecule has 0 aliphatic heterocycles. The Morgan fingerprint density at radius 1 is 1.00 bits per heavy atom. The first kappa shape index (κ1) is 15.5. The number of benzene rings is 2. The first-order valence-electron chi connectivity index (χ1n) is 6.74. The molecule has 21 heavy (non-hydrogen) atoms. The molecule has 110 valence electrons. The Hall–Kier alpha value is -1.84. The van der Waals surface area contributed by atoms with Crippen LogP contribution in [0.2, 0.25) is 5.02 Å². The van der Waals surface area contributed by atoms with Crippen molar-refractivity contribution < 1.29 is 9.53 Å². The molecular weight excluding hydrogens is 286 g/mol. The molecule has 0 atom stereocenters. The smallest absolute Gasteiger partial charge is 0.193 e. The lowest BCUT2D eigenvalue weighted by atomic mass is 10.0. The van der Waals surface area contributed by atoms with E-state index in [1.165, 1.54) is 0 Å². The Morgan fingerprint density at radius 3 is 2.05 bits per heavy atom. The molecule has 0 aliphatic carbocycles. The van der Waals surface area contributed by atoms with Crippen LogP contribution in [0.1, 0.15) is 15.9 Å². The number of carbonyl (C=O) groups is 1. The van der Waals surface area contributed by atoms with Gasteiger partial charge in [-0.1, -0.05) is 11.6 Å². The van der Waals surface area contributed by atoms with Gasteiger partial charge in [-0.15, -0.1) is 0 Å². The lowest BCUT2D eigenvalue weighted by Gasteiger charge is -2.11. The van der Waals surface area contributed by atoms with Crippen molar-refractivity contribution in [3.63, 3.8) is 0 Å². The molecule has 4 heteroatoms. The summed E-state index contributed by atoms with van der Waals surface area (Å²) in [5.41, 5.74) is 1.26. The molecule has 0 saturated carbocycles. The van der Waals surface area contributed by atoms with Gasteiger partial charge in [-0.05, 0) is 62.6 Å². The van der Waals surface area contributed by atoms with Crippen LogP contribution in [-0.2, 0) is 0 Å². The Kier molecular flexibility index (Phi) is 5.37. The van der Waals surface area contributed by atoms with Crippen molar-refractivity contribution in [2.75, 3.05) is 27.2 Å². The van der Waals surface area contributed by atoms with Crippen molar-refractivity contribution in [1.29, 1.82) is 0 Å². The predicted octanol–water partition coefficient (Wildman–Crippen LogP) is 3.51. The van der Waals surface area contributed by atoms with Gasteiger partial charge in [0.05, 0.1) is 0 Å². The summed E-state index contributed by atoms with van der Waals surface area (Å²) in [6.45, 7) is 1.48. The lowest BCUT2D eigenvalue weighted by Crippen LogP contribution is -2.19.